The summed E-state index contributed by atoms with van der Waals surface area (Å²) < 4.78 is 0. The van der Waals surface area contributed by atoms with Crippen LogP contribution in [0.1, 0.15) is 80.9 Å². The number of carbonyl (C=O) groups is 5. The Morgan fingerprint density at radius 1 is 0.719 bits per heavy atom. The van der Waals surface area contributed by atoms with E-state index in [4.69, 9.17) is 10.2 Å². The molecule has 0 spiro atoms. The number of carboxylic acid groups (broad SMARTS) is 2. The van der Waals surface area contributed by atoms with Gasteiger partial charge in [-0.3, -0.25) is 19.3 Å². The second-order valence-corrected chi connectivity index (χ2v) is 14.0. The number of H-pyrrole nitrogens is 1. The van der Waals surface area contributed by atoms with Crippen LogP contribution in [0.4, 0.5) is 16.3 Å². The number of amides is 4. The van der Waals surface area contributed by atoms with Gasteiger partial charge in [0.1, 0.15) is 12.4 Å². The first-order valence-electron chi connectivity index (χ1n) is 19.1. The van der Waals surface area contributed by atoms with E-state index in [1.54, 1.807) is 25.2 Å². The van der Waals surface area contributed by atoms with Gasteiger partial charge in [-0.25, -0.2) is 9.59 Å². The SMILES string of the molecule is CCC(CC)N(CCN(C)C(=O)NCC(=O)O)Cc1cccc(C(=O)Nc2[nH]c3ccccc3c2C(=O)Nc2ccc(CCCc3ccc(C(=O)O)cc3)cc2)c1. The second-order valence-electron chi connectivity index (χ2n) is 14.0. The number of hydrogen-bond acceptors (Lipinski definition) is 6. The summed E-state index contributed by atoms with van der Waals surface area (Å²) in [6, 6.07) is 29.0. The van der Waals surface area contributed by atoms with Gasteiger partial charge in [0, 0.05) is 54.9 Å². The molecule has 0 saturated heterocycles. The van der Waals surface area contributed by atoms with E-state index in [0.717, 1.165) is 48.8 Å². The van der Waals surface area contributed by atoms with Crippen molar-refractivity contribution in [3.63, 3.8) is 0 Å². The maximum Gasteiger partial charge on any atom is 0.335 e. The summed E-state index contributed by atoms with van der Waals surface area (Å²) in [7, 11) is 1.63. The van der Waals surface area contributed by atoms with Crippen molar-refractivity contribution in [3.05, 3.63) is 130 Å². The quantitative estimate of drug-likeness (QED) is 0.0506. The number of anilines is 2. The van der Waals surface area contributed by atoms with E-state index in [-0.39, 0.29) is 29.2 Å². The third kappa shape index (κ3) is 11.5. The molecule has 4 amide bonds. The monoisotopic (exact) mass is 774 g/mol. The molecule has 0 bridgehead atoms. The number of carbonyl (C=O) groups excluding carboxylic acids is 3. The minimum Gasteiger partial charge on any atom is -0.480 e. The largest absolute Gasteiger partial charge is 0.480 e. The number of aryl methyl sites for hydroxylation is 2. The molecule has 13 nitrogen and oxygen atoms in total. The Hall–Kier alpha value is -6.47. The van der Waals surface area contributed by atoms with Gasteiger partial charge < -0.3 is 36.0 Å². The number of benzene rings is 4. The number of aromatic nitrogens is 1. The summed E-state index contributed by atoms with van der Waals surface area (Å²) in [5, 5.41) is 27.0. The number of likely N-dealkylation sites (N-methyl/N-ethyl adjacent to an activating group) is 1. The number of aromatic amines is 1. The highest BCUT2D eigenvalue weighted by atomic mass is 16.4. The normalized spacial score (nSPS) is 11.1. The molecule has 57 heavy (non-hydrogen) atoms. The average Bonchev–Trinajstić information content (AvgIpc) is 3.58. The van der Waals surface area contributed by atoms with Crippen molar-refractivity contribution < 1.29 is 34.2 Å². The number of para-hydroxylation sites is 1. The molecule has 0 radical (unpaired) electrons. The summed E-state index contributed by atoms with van der Waals surface area (Å²) >= 11 is 0. The maximum atomic E-state index is 13.8. The van der Waals surface area contributed by atoms with E-state index in [1.807, 2.05) is 78.9 Å². The lowest BCUT2D eigenvalue weighted by Crippen LogP contribution is -2.45. The Morgan fingerprint density at radius 2 is 1.39 bits per heavy atom. The van der Waals surface area contributed by atoms with Gasteiger partial charge in [0.15, 0.2) is 0 Å². The third-order valence-corrected chi connectivity index (χ3v) is 10.0. The van der Waals surface area contributed by atoms with Crippen LogP contribution in [0.2, 0.25) is 0 Å². The fourth-order valence-electron chi connectivity index (χ4n) is 6.82. The number of fused-ring (bicyclic) bond motifs is 1. The van der Waals surface area contributed by atoms with E-state index in [9.17, 15) is 24.0 Å². The van der Waals surface area contributed by atoms with Crippen LogP contribution in [-0.4, -0.2) is 87.5 Å². The lowest BCUT2D eigenvalue weighted by molar-refractivity contribution is -0.135. The van der Waals surface area contributed by atoms with E-state index in [1.165, 1.54) is 4.90 Å². The van der Waals surface area contributed by atoms with E-state index in [2.05, 4.69) is 39.7 Å². The second kappa shape index (κ2) is 19.9. The van der Waals surface area contributed by atoms with Crippen LogP contribution in [0.15, 0.2) is 97.1 Å². The summed E-state index contributed by atoms with van der Waals surface area (Å²) in [6.07, 6.45) is 4.28. The molecule has 298 valence electrons. The van der Waals surface area contributed by atoms with Crippen LogP contribution >= 0.6 is 0 Å². The van der Waals surface area contributed by atoms with Crippen molar-refractivity contribution in [2.45, 2.75) is 58.5 Å². The Bertz CT molecular complexity index is 2180. The van der Waals surface area contributed by atoms with Crippen molar-refractivity contribution in [2.75, 3.05) is 37.3 Å². The summed E-state index contributed by atoms with van der Waals surface area (Å²) in [5.74, 6) is -2.54. The Morgan fingerprint density at radius 3 is 2.04 bits per heavy atom. The topological polar surface area (TPSA) is 184 Å². The minimum absolute atomic E-state index is 0.221. The van der Waals surface area contributed by atoms with E-state index >= 15 is 0 Å². The van der Waals surface area contributed by atoms with Crippen LogP contribution in [0.3, 0.4) is 0 Å². The fraction of sp³-hybridized carbons (Fsp3) is 0.295. The van der Waals surface area contributed by atoms with Crippen LogP contribution in [0.5, 0.6) is 0 Å². The molecular weight excluding hydrogens is 725 g/mol. The highest BCUT2D eigenvalue weighted by Crippen LogP contribution is 2.28. The molecule has 6 N–H and O–H groups in total. The molecule has 0 aliphatic carbocycles. The predicted molar refractivity (Wildman–Crippen MR) is 221 cm³/mol. The van der Waals surface area contributed by atoms with Gasteiger partial charge in [0.2, 0.25) is 0 Å². The maximum absolute atomic E-state index is 13.8. The summed E-state index contributed by atoms with van der Waals surface area (Å²) in [5.41, 5.74) is 5.38. The highest BCUT2D eigenvalue weighted by Gasteiger charge is 2.22. The molecule has 0 unspecified atom stereocenters. The zero-order chi connectivity index (χ0) is 40.9. The van der Waals surface area contributed by atoms with Crippen LogP contribution in [0, 0.1) is 0 Å². The number of nitrogens with zero attached hydrogens (tertiary/aromatic N) is 2. The number of urea groups is 1. The van der Waals surface area contributed by atoms with E-state index < -0.39 is 24.5 Å². The van der Waals surface area contributed by atoms with Gasteiger partial charge in [0.25, 0.3) is 11.8 Å². The third-order valence-electron chi connectivity index (χ3n) is 10.0. The molecule has 13 heteroatoms. The number of rotatable bonds is 19. The molecule has 5 aromatic rings. The highest BCUT2D eigenvalue weighted by molar-refractivity contribution is 6.19. The molecule has 0 aliphatic rings. The Kier molecular flexibility index (Phi) is 14.6. The van der Waals surface area contributed by atoms with Gasteiger partial charge in [-0.15, -0.1) is 0 Å². The Balaban J connectivity index is 1.24. The molecule has 0 saturated carbocycles. The predicted octanol–water partition coefficient (Wildman–Crippen LogP) is 7.26. The molecule has 5 rings (SSSR count). The standard InChI is InChI=1S/C44H50N6O7/c1-4-35(5-2)50(25-24-49(3)44(57)45-27-38(51)52)28-31-12-9-13-33(26-31)41(53)48-40-39(36-14-6-7-15-37(36)47-40)42(54)46-34-22-18-30(19-23-34)11-8-10-29-16-20-32(21-17-29)43(55)56/h6-7,9,12-23,26,35,47H,4-5,8,10-11,24-25,27-28H2,1-3H3,(H,45,57)(H,46,54)(H,48,53)(H,51,52)(H,55,56). The average molecular weight is 775 g/mol. The van der Waals surface area contributed by atoms with Gasteiger partial charge in [-0.2, -0.15) is 0 Å². The summed E-state index contributed by atoms with van der Waals surface area (Å²) in [6.45, 7) is 5.21. The first kappa shape index (κ1) is 41.7. The molecule has 0 fully saturated rings. The van der Waals surface area contributed by atoms with Crippen molar-refractivity contribution >= 4 is 52.2 Å². The van der Waals surface area contributed by atoms with Gasteiger partial charge in [-0.05, 0) is 91.3 Å². The van der Waals surface area contributed by atoms with Crippen LogP contribution < -0.4 is 16.0 Å². The number of carboxylic acids is 2. The lowest BCUT2D eigenvalue weighted by Gasteiger charge is -2.32. The number of nitrogens with one attached hydrogen (secondary N) is 4. The molecule has 0 aliphatic heterocycles. The lowest BCUT2D eigenvalue weighted by atomic mass is 10.0. The van der Waals surface area contributed by atoms with Crippen molar-refractivity contribution in [2.24, 2.45) is 0 Å². The Labute approximate surface area is 332 Å². The van der Waals surface area contributed by atoms with Crippen molar-refractivity contribution in [1.29, 1.82) is 0 Å². The first-order valence-corrected chi connectivity index (χ1v) is 19.1. The minimum atomic E-state index is -1.11. The van der Waals surface area contributed by atoms with Crippen LogP contribution in [-0.2, 0) is 24.2 Å². The molecule has 1 heterocycles. The fourth-order valence-corrected chi connectivity index (χ4v) is 6.82. The molecule has 1 aromatic heterocycles. The van der Waals surface area contributed by atoms with E-state index in [0.29, 0.717) is 47.4 Å². The smallest absolute Gasteiger partial charge is 0.335 e. The zero-order valence-electron chi connectivity index (χ0n) is 32.5. The number of aliphatic carboxylic acids is 1. The van der Waals surface area contributed by atoms with Gasteiger partial charge >= 0.3 is 18.0 Å². The zero-order valence-corrected chi connectivity index (χ0v) is 32.5. The summed E-state index contributed by atoms with van der Waals surface area (Å²) in [4.78, 5) is 68.9. The number of hydrogen-bond donors (Lipinski definition) is 6. The van der Waals surface area contributed by atoms with Crippen molar-refractivity contribution in [3.8, 4) is 0 Å². The van der Waals surface area contributed by atoms with Gasteiger partial charge in [-0.1, -0.05) is 68.4 Å². The molecule has 4 aromatic carbocycles. The van der Waals surface area contributed by atoms with Crippen LogP contribution in [0.25, 0.3) is 10.9 Å². The van der Waals surface area contributed by atoms with Crippen molar-refractivity contribution in [1.82, 2.24) is 20.1 Å². The van der Waals surface area contributed by atoms with Gasteiger partial charge in [0.05, 0.1) is 11.1 Å². The first-order chi connectivity index (χ1) is 27.4. The number of aromatic carboxylic acids is 1. The molecule has 0 atom stereocenters. The molecular formula is C44H50N6O7.